The fourth-order valence-electron chi connectivity index (χ4n) is 3.25. The number of nitrogens with zero attached hydrogens (tertiary/aromatic N) is 3. The van der Waals surface area contributed by atoms with E-state index in [4.69, 9.17) is 0 Å². The molecule has 8 nitrogen and oxygen atoms in total. The third kappa shape index (κ3) is 5.08. The number of hydrogen-bond donors (Lipinski definition) is 2. The summed E-state index contributed by atoms with van der Waals surface area (Å²) in [6.45, 7) is 3.88. The van der Waals surface area contributed by atoms with Crippen molar-refractivity contribution >= 4 is 38.1 Å². The monoisotopic (exact) mass is 457 g/mol. The van der Waals surface area contributed by atoms with Crippen molar-refractivity contribution in [2.75, 3.05) is 10.0 Å². The molecule has 0 saturated heterocycles. The van der Waals surface area contributed by atoms with Gasteiger partial charge in [-0.2, -0.15) is 0 Å². The van der Waals surface area contributed by atoms with Crippen molar-refractivity contribution in [2.24, 2.45) is 5.92 Å². The Morgan fingerprint density at radius 2 is 1.77 bits per heavy atom. The molecule has 0 aliphatic heterocycles. The number of sulfonamides is 1. The molecule has 1 aliphatic carbocycles. The van der Waals surface area contributed by atoms with E-state index in [-0.39, 0.29) is 17.1 Å². The third-order valence-electron chi connectivity index (χ3n) is 5.03. The lowest BCUT2D eigenvalue weighted by Crippen LogP contribution is -2.25. The van der Waals surface area contributed by atoms with Crippen LogP contribution >= 0.6 is 11.3 Å². The van der Waals surface area contributed by atoms with Crippen LogP contribution in [0.2, 0.25) is 0 Å². The van der Waals surface area contributed by atoms with Crippen molar-refractivity contribution in [3.8, 4) is 11.1 Å². The van der Waals surface area contributed by atoms with E-state index >= 15 is 0 Å². The highest BCUT2D eigenvalue weighted by Crippen LogP contribution is 2.33. The van der Waals surface area contributed by atoms with Crippen LogP contribution < -0.4 is 10.0 Å². The highest BCUT2D eigenvalue weighted by atomic mass is 32.2. The smallest absolute Gasteiger partial charge is 0.237 e. The molecule has 1 fully saturated rings. The number of hydrogen-bond acceptors (Lipinski definition) is 7. The molecule has 162 valence electrons. The standard InChI is InChI=1S/C21H23N5O3S2/c1-13(2)19(18-11-30-21(25-18)26-31(28,29)17-7-8-17)20(27)24-16-5-3-14(4-6-16)15-9-22-12-23-10-15/h3-6,9-13,17,19H,7-8H2,1-2H3,(H,24,27)(H,25,26). The van der Waals surface area contributed by atoms with Crippen molar-refractivity contribution in [1.29, 1.82) is 0 Å². The lowest BCUT2D eigenvalue weighted by molar-refractivity contribution is -0.118. The zero-order valence-electron chi connectivity index (χ0n) is 17.1. The van der Waals surface area contributed by atoms with Gasteiger partial charge < -0.3 is 5.32 Å². The van der Waals surface area contributed by atoms with Gasteiger partial charge in [0.1, 0.15) is 6.33 Å². The SMILES string of the molecule is CC(C)C(C(=O)Nc1ccc(-c2cncnc2)cc1)c1csc(NS(=O)(=O)C2CC2)n1. The summed E-state index contributed by atoms with van der Waals surface area (Å²) in [5.74, 6) is -0.707. The number of benzene rings is 1. The first-order valence-corrected chi connectivity index (χ1v) is 12.4. The highest BCUT2D eigenvalue weighted by molar-refractivity contribution is 7.93. The first-order valence-electron chi connectivity index (χ1n) is 9.97. The summed E-state index contributed by atoms with van der Waals surface area (Å²) in [5.41, 5.74) is 3.07. The molecule has 10 heteroatoms. The maximum absolute atomic E-state index is 13.0. The number of rotatable bonds is 8. The minimum atomic E-state index is -3.38. The van der Waals surface area contributed by atoms with Crippen molar-refractivity contribution in [3.05, 3.63) is 54.1 Å². The lowest BCUT2D eigenvalue weighted by atomic mass is 9.92. The summed E-state index contributed by atoms with van der Waals surface area (Å²) in [6.07, 6.45) is 6.30. The molecule has 1 aliphatic rings. The van der Waals surface area contributed by atoms with Crippen molar-refractivity contribution in [2.45, 2.75) is 37.9 Å². The minimum Gasteiger partial charge on any atom is -0.326 e. The number of nitrogens with one attached hydrogen (secondary N) is 2. The van der Waals surface area contributed by atoms with Gasteiger partial charge in [-0.25, -0.2) is 23.4 Å². The normalized spacial score (nSPS) is 14.9. The summed E-state index contributed by atoms with van der Waals surface area (Å²) in [5, 5.41) is 4.66. The topological polar surface area (TPSA) is 114 Å². The first-order chi connectivity index (χ1) is 14.8. The molecule has 0 bridgehead atoms. The van der Waals surface area contributed by atoms with Gasteiger partial charge in [0.2, 0.25) is 15.9 Å². The van der Waals surface area contributed by atoms with E-state index in [0.717, 1.165) is 11.1 Å². The average molecular weight is 458 g/mol. The fourth-order valence-corrected chi connectivity index (χ4v) is 5.60. The lowest BCUT2D eigenvalue weighted by Gasteiger charge is -2.18. The Labute approximate surface area is 185 Å². The molecule has 0 radical (unpaired) electrons. The molecule has 1 amide bonds. The molecule has 1 atom stereocenters. The van der Waals surface area contributed by atoms with Crippen LogP contribution in [0, 0.1) is 5.92 Å². The van der Waals surface area contributed by atoms with Gasteiger partial charge in [-0.15, -0.1) is 11.3 Å². The van der Waals surface area contributed by atoms with E-state index in [1.54, 1.807) is 17.8 Å². The fraction of sp³-hybridized carbons (Fsp3) is 0.333. The number of amides is 1. The predicted octanol–water partition coefficient (Wildman–Crippen LogP) is 3.88. The Bertz CT molecular complexity index is 1160. The third-order valence-corrected chi connectivity index (χ3v) is 7.76. The number of carbonyl (C=O) groups excluding carboxylic acids is 1. The molecule has 1 aromatic carbocycles. The van der Waals surface area contributed by atoms with E-state index in [9.17, 15) is 13.2 Å². The Hall–Kier alpha value is -2.85. The molecular formula is C21H23N5O3S2. The Balaban J connectivity index is 1.47. The van der Waals surface area contributed by atoms with E-state index in [1.165, 1.54) is 17.7 Å². The molecule has 2 aromatic heterocycles. The quantitative estimate of drug-likeness (QED) is 0.531. The maximum atomic E-state index is 13.0. The Morgan fingerprint density at radius 1 is 1.10 bits per heavy atom. The number of thiazole rings is 1. The number of aromatic nitrogens is 3. The van der Waals surface area contributed by atoms with Crippen LogP contribution in [0.1, 0.15) is 38.3 Å². The largest absolute Gasteiger partial charge is 0.326 e. The van der Waals surface area contributed by atoms with Crippen LogP contribution in [0.4, 0.5) is 10.8 Å². The second-order valence-electron chi connectivity index (χ2n) is 7.84. The van der Waals surface area contributed by atoms with Gasteiger partial charge in [0.15, 0.2) is 5.13 Å². The maximum Gasteiger partial charge on any atom is 0.237 e. The van der Waals surface area contributed by atoms with Crippen LogP contribution in [0.25, 0.3) is 11.1 Å². The zero-order valence-corrected chi connectivity index (χ0v) is 18.8. The van der Waals surface area contributed by atoms with Crippen molar-refractivity contribution in [1.82, 2.24) is 15.0 Å². The van der Waals surface area contributed by atoms with Gasteiger partial charge in [-0.05, 0) is 36.5 Å². The van der Waals surface area contributed by atoms with Crippen molar-refractivity contribution < 1.29 is 13.2 Å². The second-order valence-corrected chi connectivity index (χ2v) is 10.7. The molecular weight excluding hydrogens is 434 g/mol. The molecule has 3 aromatic rings. The molecule has 2 N–H and O–H groups in total. The molecule has 31 heavy (non-hydrogen) atoms. The average Bonchev–Trinajstić information content (AvgIpc) is 3.52. The van der Waals surface area contributed by atoms with E-state index in [2.05, 4.69) is 25.0 Å². The number of anilines is 2. The van der Waals surface area contributed by atoms with Crippen molar-refractivity contribution in [3.63, 3.8) is 0 Å². The zero-order chi connectivity index (χ0) is 22.0. The highest BCUT2D eigenvalue weighted by Gasteiger charge is 2.36. The van der Waals surface area contributed by atoms with Crippen LogP contribution in [-0.4, -0.2) is 34.5 Å². The molecule has 2 heterocycles. The van der Waals surface area contributed by atoms with Gasteiger partial charge >= 0.3 is 0 Å². The second kappa shape index (κ2) is 8.72. The van der Waals surface area contributed by atoms with Crippen LogP contribution in [0.15, 0.2) is 48.4 Å². The summed E-state index contributed by atoms with van der Waals surface area (Å²) >= 11 is 1.20. The summed E-state index contributed by atoms with van der Waals surface area (Å²) in [6, 6.07) is 7.44. The van der Waals surface area contributed by atoms with Gasteiger partial charge in [0, 0.05) is 29.0 Å². The minimum absolute atomic E-state index is 0.0178. The molecule has 1 unspecified atom stereocenters. The molecule has 4 rings (SSSR count). The number of carbonyl (C=O) groups is 1. The van der Waals surface area contributed by atoms with Crippen LogP contribution in [0.3, 0.4) is 0 Å². The van der Waals surface area contributed by atoms with E-state index < -0.39 is 15.9 Å². The summed E-state index contributed by atoms with van der Waals surface area (Å²) in [4.78, 5) is 25.4. The van der Waals surface area contributed by atoms with E-state index in [0.29, 0.717) is 29.4 Å². The predicted molar refractivity (Wildman–Crippen MR) is 121 cm³/mol. The van der Waals surface area contributed by atoms with E-state index in [1.807, 2.05) is 38.1 Å². The van der Waals surface area contributed by atoms with Crippen LogP contribution in [-0.2, 0) is 14.8 Å². The molecule has 1 saturated carbocycles. The Kier molecular flexibility index (Phi) is 6.01. The van der Waals surface area contributed by atoms with Gasteiger partial charge in [0.25, 0.3) is 0 Å². The van der Waals surface area contributed by atoms with Crippen LogP contribution in [0.5, 0.6) is 0 Å². The summed E-state index contributed by atoms with van der Waals surface area (Å²) < 4.78 is 26.8. The van der Waals surface area contributed by atoms with Gasteiger partial charge in [-0.1, -0.05) is 26.0 Å². The van der Waals surface area contributed by atoms with Gasteiger partial charge in [-0.3, -0.25) is 9.52 Å². The first kappa shape index (κ1) is 21.4. The Morgan fingerprint density at radius 3 is 2.39 bits per heavy atom. The molecule has 0 spiro atoms. The summed E-state index contributed by atoms with van der Waals surface area (Å²) in [7, 11) is -3.38. The van der Waals surface area contributed by atoms with Gasteiger partial charge in [0.05, 0.1) is 16.9 Å².